The average Bonchev–Trinajstić information content (AvgIpc) is 3.11. The maximum absolute atomic E-state index is 11.3. The number of ether oxygens (including phenoxy) is 1. The fraction of sp³-hybridized carbons (Fsp3) is 0.917. The Morgan fingerprint density at radius 2 is 2.19 bits per heavy atom. The lowest BCUT2D eigenvalue weighted by Gasteiger charge is -2.35. The number of hydrogen-bond donors (Lipinski definition) is 1. The van der Waals surface area contributed by atoms with E-state index in [1.807, 2.05) is 0 Å². The molecule has 1 N–H and O–H groups in total. The zero-order valence-electron chi connectivity index (χ0n) is 10.1. The lowest BCUT2D eigenvalue weighted by molar-refractivity contribution is -0.142. The largest absolute Gasteiger partial charge is 0.468 e. The summed E-state index contributed by atoms with van der Waals surface area (Å²) in [6.07, 6.45) is 6.34. The molecule has 1 atom stereocenters. The van der Waals surface area contributed by atoms with Crippen LogP contribution in [0.2, 0.25) is 0 Å². The fourth-order valence-corrected chi connectivity index (χ4v) is 2.32. The van der Waals surface area contributed by atoms with Gasteiger partial charge in [-0.05, 0) is 32.2 Å². The second kappa shape index (κ2) is 5.64. The van der Waals surface area contributed by atoms with E-state index < -0.39 is 0 Å². The summed E-state index contributed by atoms with van der Waals surface area (Å²) in [7, 11) is 1.46. The van der Waals surface area contributed by atoms with Crippen LogP contribution in [-0.2, 0) is 9.53 Å². The van der Waals surface area contributed by atoms with E-state index in [1.165, 1.54) is 39.2 Å². The molecule has 1 saturated heterocycles. The Hall–Kier alpha value is -0.610. The minimum atomic E-state index is -0.113. The number of likely N-dealkylation sites (tertiary alicyclic amines) is 1. The zero-order valence-corrected chi connectivity index (χ0v) is 10.1. The van der Waals surface area contributed by atoms with Gasteiger partial charge in [0.05, 0.1) is 13.7 Å². The first-order valence-electron chi connectivity index (χ1n) is 6.34. The second-order valence-electron chi connectivity index (χ2n) is 4.88. The van der Waals surface area contributed by atoms with Crippen LogP contribution in [0.4, 0.5) is 0 Å². The van der Waals surface area contributed by atoms with Gasteiger partial charge in [-0.15, -0.1) is 0 Å². The molecule has 4 nitrogen and oxygen atoms in total. The zero-order chi connectivity index (χ0) is 11.4. The van der Waals surface area contributed by atoms with Crippen molar-refractivity contribution in [3.8, 4) is 0 Å². The maximum atomic E-state index is 11.3. The van der Waals surface area contributed by atoms with Crippen LogP contribution in [0.15, 0.2) is 0 Å². The van der Waals surface area contributed by atoms with E-state index in [4.69, 9.17) is 4.74 Å². The summed E-state index contributed by atoms with van der Waals surface area (Å²) in [5, 5.41) is 3.55. The van der Waals surface area contributed by atoms with Gasteiger partial charge in [-0.1, -0.05) is 6.42 Å². The fourth-order valence-electron chi connectivity index (χ4n) is 2.32. The van der Waals surface area contributed by atoms with E-state index in [0.29, 0.717) is 12.6 Å². The van der Waals surface area contributed by atoms with Crippen molar-refractivity contribution in [2.45, 2.75) is 44.2 Å². The summed E-state index contributed by atoms with van der Waals surface area (Å²) in [5.41, 5.74) is 0. The first-order chi connectivity index (χ1) is 7.79. The van der Waals surface area contributed by atoms with E-state index in [0.717, 1.165) is 19.1 Å². The normalized spacial score (nSPS) is 26.7. The van der Waals surface area contributed by atoms with Crippen molar-refractivity contribution in [2.24, 2.45) is 0 Å². The SMILES string of the molecule is COC(=O)CN1CCCCC1CNC1CC1. The topological polar surface area (TPSA) is 41.6 Å². The van der Waals surface area contributed by atoms with E-state index in [2.05, 4.69) is 10.2 Å². The Morgan fingerprint density at radius 1 is 1.38 bits per heavy atom. The second-order valence-corrected chi connectivity index (χ2v) is 4.88. The number of methoxy groups -OCH3 is 1. The molecule has 1 heterocycles. The molecular formula is C12H22N2O2. The first kappa shape index (κ1) is 11.9. The summed E-state index contributed by atoms with van der Waals surface area (Å²) < 4.78 is 4.74. The highest BCUT2D eigenvalue weighted by molar-refractivity contribution is 5.71. The number of rotatable bonds is 5. The maximum Gasteiger partial charge on any atom is 0.319 e. The van der Waals surface area contributed by atoms with Crippen molar-refractivity contribution in [3.05, 3.63) is 0 Å². The smallest absolute Gasteiger partial charge is 0.319 e. The van der Waals surface area contributed by atoms with E-state index in [-0.39, 0.29) is 5.97 Å². The number of nitrogens with zero attached hydrogens (tertiary/aromatic N) is 1. The predicted molar refractivity (Wildman–Crippen MR) is 62.3 cm³/mol. The molecule has 0 spiro atoms. The number of carbonyl (C=O) groups is 1. The third-order valence-corrected chi connectivity index (χ3v) is 3.53. The molecular weight excluding hydrogens is 204 g/mol. The van der Waals surface area contributed by atoms with Gasteiger partial charge >= 0.3 is 5.97 Å². The van der Waals surface area contributed by atoms with Crippen LogP contribution in [0, 0.1) is 0 Å². The Bertz CT molecular complexity index is 241. The van der Waals surface area contributed by atoms with E-state index in [9.17, 15) is 4.79 Å². The Morgan fingerprint density at radius 3 is 2.88 bits per heavy atom. The molecule has 2 rings (SSSR count). The lowest BCUT2D eigenvalue weighted by Crippen LogP contribution is -2.48. The minimum Gasteiger partial charge on any atom is -0.468 e. The predicted octanol–water partition coefficient (Wildman–Crippen LogP) is 0.766. The molecule has 1 unspecified atom stereocenters. The number of nitrogens with one attached hydrogen (secondary N) is 1. The average molecular weight is 226 g/mol. The highest BCUT2D eigenvalue weighted by atomic mass is 16.5. The minimum absolute atomic E-state index is 0.113. The van der Waals surface area contributed by atoms with Gasteiger partial charge in [0.25, 0.3) is 0 Å². The molecule has 0 aromatic rings. The van der Waals surface area contributed by atoms with Crippen molar-refractivity contribution >= 4 is 5.97 Å². The highest BCUT2D eigenvalue weighted by Crippen LogP contribution is 2.21. The molecule has 0 aromatic heterocycles. The van der Waals surface area contributed by atoms with Gasteiger partial charge in [0.2, 0.25) is 0 Å². The molecule has 0 amide bonds. The third-order valence-electron chi connectivity index (χ3n) is 3.53. The molecule has 1 aliphatic heterocycles. The third kappa shape index (κ3) is 3.46. The van der Waals surface area contributed by atoms with E-state index >= 15 is 0 Å². The Kier molecular flexibility index (Phi) is 4.18. The van der Waals surface area contributed by atoms with Crippen molar-refractivity contribution in [1.82, 2.24) is 10.2 Å². The molecule has 16 heavy (non-hydrogen) atoms. The molecule has 4 heteroatoms. The van der Waals surface area contributed by atoms with Crippen LogP contribution in [0.1, 0.15) is 32.1 Å². The van der Waals surface area contributed by atoms with Crippen LogP contribution >= 0.6 is 0 Å². The van der Waals surface area contributed by atoms with Crippen molar-refractivity contribution < 1.29 is 9.53 Å². The number of esters is 1. The number of piperidine rings is 1. The van der Waals surface area contributed by atoms with Gasteiger partial charge in [-0.2, -0.15) is 0 Å². The molecule has 0 aromatic carbocycles. The van der Waals surface area contributed by atoms with Gasteiger partial charge in [0, 0.05) is 18.6 Å². The standard InChI is InChI=1S/C12H22N2O2/c1-16-12(15)9-14-7-3-2-4-11(14)8-13-10-5-6-10/h10-11,13H,2-9H2,1H3. The molecule has 0 radical (unpaired) electrons. The van der Waals surface area contributed by atoms with Crippen LogP contribution in [0.3, 0.4) is 0 Å². The Labute approximate surface area is 97.3 Å². The molecule has 2 fully saturated rings. The summed E-state index contributed by atoms with van der Waals surface area (Å²) >= 11 is 0. The van der Waals surface area contributed by atoms with Gasteiger partial charge in [0.1, 0.15) is 0 Å². The van der Waals surface area contributed by atoms with Gasteiger partial charge in [-0.3, -0.25) is 9.69 Å². The van der Waals surface area contributed by atoms with Gasteiger partial charge < -0.3 is 10.1 Å². The van der Waals surface area contributed by atoms with Crippen LogP contribution in [-0.4, -0.2) is 49.7 Å². The van der Waals surface area contributed by atoms with Crippen LogP contribution in [0.5, 0.6) is 0 Å². The monoisotopic (exact) mass is 226 g/mol. The van der Waals surface area contributed by atoms with Crippen molar-refractivity contribution in [1.29, 1.82) is 0 Å². The van der Waals surface area contributed by atoms with E-state index in [1.54, 1.807) is 0 Å². The summed E-state index contributed by atoms with van der Waals surface area (Å²) in [6, 6.07) is 1.27. The summed E-state index contributed by atoms with van der Waals surface area (Å²) in [5.74, 6) is -0.113. The molecule has 1 saturated carbocycles. The lowest BCUT2D eigenvalue weighted by atomic mass is 10.0. The first-order valence-corrected chi connectivity index (χ1v) is 6.34. The summed E-state index contributed by atoms with van der Waals surface area (Å²) in [4.78, 5) is 13.6. The van der Waals surface area contributed by atoms with Crippen LogP contribution < -0.4 is 5.32 Å². The molecule has 2 aliphatic rings. The number of carbonyl (C=O) groups excluding carboxylic acids is 1. The molecule has 0 bridgehead atoms. The van der Waals surface area contributed by atoms with Crippen LogP contribution in [0.25, 0.3) is 0 Å². The van der Waals surface area contributed by atoms with Crippen molar-refractivity contribution in [2.75, 3.05) is 26.7 Å². The van der Waals surface area contributed by atoms with Gasteiger partial charge in [-0.25, -0.2) is 0 Å². The molecule has 1 aliphatic carbocycles. The van der Waals surface area contributed by atoms with Gasteiger partial charge in [0.15, 0.2) is 0 Å². The van der Waals surface area contributed by atoms with Crippen molar-refractivity contribution in [3.63, 3.8) is 0 Å². The Balaban J connectivity index is 1.77. The number of hydrogen-bond acceptors (Lipinski definition) is 4. The highest BCUT2D eigenvalue weighted by Gasteiger charge is 2.27. The summed E-state index contributed by atoms with van der Waals surface area (Å²) in [6.45, 7) is 2.52. The molecule has 92 valence electrons. The quantitative estimate of drug-likeness (QED) is 0.703.